The third-order valence-electron chi connectivity index (χ3n) is 18.6. The Kier molecular flexibility index (Phi) is 21.1. The molecule has 9 heterocycles. The number of esters is 1. The summed E-state index contributed by atoms with van der Waals surface area (Å²) in [5.41, 5.74) is 21.6. The van der Waals surface area contributed by atoms with E-state index in [-0.39, 0.29) is 43.3 Å². The maximum atomic E-state index is 12.4. The normalized spacial score (nSPS) is 16.3. The Morgan fingerprint density at radius 1 is 0.480 bits per heavy atom. The summed E-state index contributed by atoms with van der Waals surface area (Å²) in [5, 5.41) is 2.08. The number of nitrogens with zero attached hydrogens (tertiary/aromatic N) is 13. The average molecular weight is 1400 g/mol. The SMILES string of the molecule is C.CCc1cc2cc3n(c2cc1S(C)(=O)=O)CCN(c1ncc(C(N)=O)c(C)n1)[C@@H]3C(C)C.CCc1cc2cc3n(c2cc1S(C)(=O)=O)CCN(c1ncc(C(N)=O)c(C)n1)[C@H]3C(C)C.CCc1cc2nc3n(c2cc1S(C)(=O)=O)CCN(c1ncc(C(=O)OC)c(C)n1)[C@@H]3C(C)C. The highest BCUT2D eigenvalue weighted by atomic mass is 32.2. The first-order chi connectivity index (χ1) is 45.6. The molecule has 0 saturated carbocycles. The number of rotatable bonds is 15. The molecule has 98 heavy (non-hydrogen) atoms. The molecule has 2 amide bonds. The molecule has 0 spiro atoms. The number of benzene rings is 3. The first-order valence-corrected chi connectivity index (χ1v) is 38.2. The van der Waals surface area contributed by atoms with E-state index in [1.54, 1.807) is 26.8 Å². The molecule has 4 N–H and O–H groups in total. The van der Waals surface area contributed by atoms with Crippen molar-refractivity contribution in [2.24, 2.45) is 29.2 Å². The molecule has 3 aliphatic rings. The average Bonchev–Trinajstić information content (AvgIpc) is 1.59. The lowest BCUT2D eigenvalue weighted by molar-refractivity contribution is 0.0598. The van der Waals surface area contributed by atoms with Crippen LogP contribution in [0, 0.1) is 38.5 Å². The number of nitrogens with two attached hydrogens (primary N) is 2. The first-order valence-electron chi connectivity index (χ1n) is 32.6. The van der Waals surface area contributed by atoms with Gasteiger partial charge in [0.1, 0.15) is 5.82 Å². The van der Waals surface area contributed by atoms with Gasteiger partial charge in [-0.2, -0.15) is 0 Å². The van der Waals surface area contributed by atoms with Crippen LogP contribution in [0.25, 0.3) is 32.8 Å². The van der Waals surface area contributed by atoms with Gasteiger partial charge in [-0.1, -0.05) is 69.7 Å². The van der Waals surface area contributed by atoms with Gasteiger partial charge < -0.3 is 44.6 Å². The van der Waals surface area contributed by atoms with Crippen molar-refractivity contribution < 1.29 is 44.4 Å². The van der Waals surface area contributed by atoms with E-state index in [1.165, 1.54) is 44.5 Å². The van der Waals surface area contributed by atoms with Gasteiger partial charge in [-0.05, 0) is 123 Å². The number of sulfone groups is 3. The van der Waals surface area contributed by atoms with Gasteiger partial charge in [-0.25, -0.2) is 64.9 Å². The lowest BCUT2D eigenvalue weighted by atomic mass is 9.97. The topological polar surface area (TPSA) is 330 Å². The van der Waals surface area contributed by atoms with E-state index in [0.717, 1.165) is 66.7 Å². The van der Waals surface area contributed by atoms with Gasteiger partial charge in [0, 0.05) is 110 Å². The van der Waals surface area contributed by atoms with Gasteiger partial charge in [-0.15, -0.1) is 0 Å². The quantitative estimate of drug-likeness (QED) is 0.0901. The molecule has 3 aromatic carbocycles. The van der Waals surface area contributed by atoms with Crippen LogP contribution in [0.5, 0.6) is 0 Å². The number of carbonyl (C=O) groups excluding carboxylic acids is 3. The van der Waals surface area contributed by atoms with Crippen LogP contribution < -0.4 is 26.2 Å². The van der Waals surface area contributed by atoms with Gasteiger partial charge in [0.25, 0.3) is 11.8 Å². The Morgan fingerprint density at radius 3 is 1.14 bits per heavy atom. The summed E-state index contributed by atoms with van der Waals surface area (Å²) in [7, 11) is -8.67. The van der Waals surface area contributed by atoms with E-state index in [9.17, 15) is 39.6 Å². The molecule has 9 aromatic rings. The summed E-state index contributed by atoms with van der Waals surface area (Å²) in [4.78, 5) is 74.7. The molecular weight excluding hydrogens is 1310 g/mol. The van der Waals surface area contributed by atoms with Gasteiger partial charge in [-0.3, -0.25) is 9.59 Å². The Morgan fingerprint density at radius 2 is 0.816 bits per heavy atom. The summed E-state index contributed by atoms with van der Waals surface area (Å²) in [6, 6.07) is 15.5. The molecule has 3 aliphatic heterocycles. The highest BCUT2D eigenvalue weighted by Gasteiger charge is 2.38. The maximum Gasteiger partial charge on any atom is 0.341 e. The molecule has 0 saturated heterocycles. The summed E-state index contributed by atoms with van der Waals surface area (Å²) in [6.07, 6.45) is 10.2. The molecule has 12 rings (SSSR count). The molecule has 0 aliphatic carbocycles. The van der Waals surface area contributed by atoms with Gasteiger partial charge in [0.15, 0.2) is 29.5 Å². The molecule has 25 nitrogen and oxygen atoms in total. The van der Waals surface area contributed by atoms with Crippen molar-refractivity contribution in [2.75, 3.05) is 60.2 Å². The first kappa shape index (κ1) is 73.4. The second kappa shape index (κ2) is 28.2. The molecule has 0 bridgehead atoms. The number of methoxy groups -OCH3 is 1. The van der Waals surface area contributed by atoms with Crippen LogP contribution in [0.4, 0.5) is 17.8 Å². The van der Waals surface area contributed by atoms with Crippen LogP contribution >= 0.6 is 0 Å². The third kappa shape index (κ3) is 14.0. The number of amides is 2. The second-order valence-electron chi connectivity index (χ2n) is 26.3. The molecule has 3 atom stereocenters. The Bertz CT molecular complexity index is 4780. The van der Waals surface area contributed by atoms with Crippen LogP contribution in [0.15, 0.2) is 81.8 Å². The summed E-state index contributed by atoms with van der Waals surface area (Å²) < 4.78 is 85.7. The summed E-state index contributed by atoms with van der Waals surface area (Å²) in [6.45, 7) is 27.9. The Labute approximate surface area is 574 Å². The molecule has 524 valence electrons. The van der Waals surface area contributed by atoms with Crippen molar-refractivity contribution in [3.8, 4) is 0 Å². The van der Waals surface area contributed by atoms with Crippen molar-refractivity contribution >= 4 is 98.0 Å². The third-order valence-corrected chi connectivity index (χ3v) is 22.1. The van der Waals surface area contributed by atoms with Crippen molar-refractivity contribution in [3.05, 3.63) is 135 Å². The number of ether oxygens (including phenoxy) is 1. The number of aromatic nitrogens is 10. The van der Waals surface area contributed by atoms with Crippen LogP contribution in [-0.2, 0) is 73.1 Å². The predicted octanol–water partition coefficient (Wildman–Crippen LogP) is 9.78. The fourth-order valence-electron chi connectivity index (χ4n) is 14.1. The monoisotopic (exact) mass is 1400 g/mol. The minimum Gasteiger partial charge on any atom is -0.465 e. The van der Waals surface area contributed by atoms with E-state index in [2.05, 4.69) is 112 Å². The fourth-order valence-corrected chi connectivity index (χ4v) is 17.1. The van der Waals surface area contributed by atoms with Crippen molar-refractivity contribution in [1.29, 1.82) is 0 Å². The van der Waals surface area contributed by atoms with E-state index < -0.39 is 47.3 Å². The zero-order valence-electron chi connectivity index (χ0n) is 58.0. The van der Waals surface area contributed by atoms with E-state index >= 15 is 0 Å². The number of fused-ring (bicyclic) bond motifs is 9. The Hall–Kier alpha value is -8.89. The number of carbonyl (C=O) groups is 3. The number of hydrogen-bond donors (Lipinski definition) is 2. The molecular formula is C70H91N15O10S3. The van der Waals surface area contributed by atoms with Crippen LogP contribution in [0.1, 0.15) is 170 Å². The zero-order valence-corrected chi connectivity index (χ0v) is 60.4. The largest absolute Gasteiger partial charge is 0.465 e. The van der Waals surface area contributed by atoms with Crippen LogP contribution in [0.2, 0.25) is 0 Å². The number of anilines is 3. The number of imidazole rings is 1. The molecule has 28 heteroatoms. The maximum absolute atomic E-state index is 12.4. The number of aryl methyl sites for hydroxylation is 6. The number of hydrogen-bond acceptors (Lipinski definition) is 20. The lowest BCUT2D eigenvalue weighted by Gasteiger charge is -2.39. The van der Waals surface area contributed by atoms with E-state index in [1.807, 2.05) is 51.1 Å². The minimum atomic E-state index is -3.35. The fraction of sp³-hybridized carbons (Fsp3) is 0.457. The van der Waals surface area contributed by atoms with Crippen molar-refractivity contribution in [3.63, 3.8) is 0 Å². The smallest absolute Gasteiger partial charge is 0.341 e. The van der Waals surface area contributed by atoms with Gasteiger partial charge in [0.2, 0.25) is 17.8 Å². The molecule has 0 unspecified atom stereocenters. The van der Waals surface area contributed by atoms with Gasteiger partial charge >= 0.3 is 5.97 Å². The lowest BCUT2D eigenvalue weighted by Crippen LogP contribution is -2.42. The highest BCUT2D eigenvalue weighted by Crippen LogP contribution is 2.43. The molecule has 0 radical (unpaired) electrons. The van der Waals surface area contributed by atoms with Crippen molar-refractivity contribution in [2.45, 2.75) is 162 Å². The molecule has 0 fully saturated rings. The highest BCUT2D eigenvalue weighted by molar-refractivity contribution is 7.91. The molecule has 6 aromatic heterocycles. The summed E-state index contributed by atoms with van der Waals surface area (Å²) in [5.74, 6) is 1.65. The van der Waals surface area contributed by atoms with Crippen molar-refractivity contribution in [1.82, 2.24) is 48.6 Å². The second-order valence-corrected chi connectivity index (χ2v) is 32.3. The van der Waals surface area contributed by atoms with Crippen LogP contribution in [-0.4, -0.2) is 137 Å². The minimum absolute atomic E-state index is 0. The van der Waals surface area contributed by atoms with Gasteiger partial charge in [0.05, 0.1) is 84.7 Å². The van der Waals surface area contributed by atoms with E-state index in [4.69, 9.17) is 21.2 Å². The standard InChI is InChI=1S/C23H29N5O4S.2C23H29N5O3S.CH4/c1-7-15-10-17-18(11-19(15)33(6,30)31)27-8-9-28(20(13(2)3)21(27)26-17)23-24-12-16(14(4)25-23)22(29)32-5;2*1-6-15-9-16-10-19-21(13(2)3)28(23-25-12-17(22(24)29)14(4)26-23)8-7-27(19)18(16)11-20(15)32(5,30)31;/h10-13,20H,7-9H2,1-6H3;2*9-13,21H,6-8H2,1-5H3,(H2,24,29);1H4/t20-;2*21-;/m110./s1. The Balaban J connectivity index is 0.000000171. The zero-order chi connectivity index (χ0) is 70.8. The number of primary amides is 2. The van der Waals surface area contributed by atoms with Crippen LogP contribution in [0.3, 0.4) is 0 Å². The summed E-state index contributed by atoms with van der Waals surface area (Å²) >= 11 is 0. The predicted molar refractivity (Wildman–Crippen MR) is 381 cm³/mol. The van der Waals surface area contributed by atoms with E-state index in [0.29, 0.717) is 125 Å².